The third kappa shape index (κ3) is 6.55. The summed E-state index contributed by atoms with van der Waals surface area (Å²) in [6, 6.07) is 7.21. The van der Waals surface area contributed by atoms with Crippen LogP contribution in [0, 0.1) is 35.2 Å². The summed E-state index contributed by atoms with van der Waals surface area (Å²) >= 11 is 0. The number of hydrogen-bond acceptors (Lipinski definition) is 2. The Labute approximate surface area is 232 Å². The molecule has 212 valence electrons. The van der Waals surface area contributed by atoms with Crippen molar-refractivity contribution in [2.24, 2.45) is 22.7 Å². The lowest BCUT2D eigenvalue weighted by atomic mass is 9.63. The molecule has 5 heteroatoms. The Bertz CT molecular complexity index is 1170. The fourth-order valence-electron chi connectivity index (χ4n) is 7.26. The van der Waals surface area contributed by atoms with Crippen molar-refractivity contribution in [1.82, 2.24) is 0 Å². The van der Waals surface area contributed by atoms with Crippen molar-refractivity contribution in [2.45, 2.75) is 109 Å². The number of ether oxygens (including phenoxy) is 1. The molecule has 2 nitrogen and oxygen atoms in total. The van der Waals surface area contributed by atoms with E-state index in [1.807, 2.05) is 13.8 Å². The number of aliphatic imine (C=N–C) groups is 1. The number of unbranched alkanes of at least 4 members (excludes halogenated alkanes) is 4. The zero-order chi connectivity index (χ0) is 27.6. The Kier molecular flexibility index (Phi) is 8.73. The van der Waals surface area contributed by atoms with Gasteiger partial charge in [-0.2, -0.15) is 0 Å². The van der Waals surface area contributed by atoms with Crippen LogP contribution in [-0.4, -0.2) is 18.0 Å². The first kappa shape index (κ1) is 28.2. The number of halogens is 3. The van der Waals surface area contributed by atoms with Gasteiger partial charge >= 0.3 is 0 Å². The lowest BCUT2D eigenvalue weighted by molar-refractivity contribution is 0.113. The Morgan fingerprint density at radius 3 is 2.26 bits per heavy atom. The minimum Gasteiger partial charge on any atom is -0.475 e. The van der Waals surface area contributed by atoms with Gasteiger partial charge in [0.05, 0.1) is 16.7 Å². The zero-order valence-corrected chi connectivity index (χ0v) is 23.9. The van der Waals surface area contributed by atoms with E-state index in [9.17, 15) is 4.39 Å². The van der Waals surface area contributed by atoms with Gasteiger partial charge in [-0.1, -0.05) is 57.9 Å². The van der Waals surface area contributed by atoms with Crippen molar-refractivity contribution < 1.29 is 17.9 Å². The zero-order valence-electron chi connectivity index (χ0n) is 23.9. The van der Waals surface area contributed by atoms with Crippen LogP contribution in [-0.2, 0) is 4.74 Å². The second kappa shape index (κ2) is 12.1. The summed E-state index contributed by atoms with van der Waals surface area (Å²) in [5.41, 5.74) is 0.559. The van der Waals surface area contributed by atoms with Crippen LogP contribution in [0.2, 0.25) is 0 Å². The minimum absolute atomic E-state index is 0.174. The van der Waals surface area contributed by atoms with Crippen LogP contribution >= 0.6 is 0 Å². The second-order valence-electron chi connectivity index (χ2n) is 13.0. The highest BCUT2D eigenvalue weighted by molar-refractivity contribution is 5.96. The highest BCUT2D eigenvalue weighted by atomic mass is 19.1. The maximum atomic E-state index is 15.4. The average molecular weight is 540 g/mol. The Balaban J connectivity index is 1.23. The summed E-state index contributed by atoms with van der Waals surface area (Å²) in [5.74, 6) is 0.879. The summed E-state index contributed by atoms with van der Waals surface area (Å²) in [6.45, 7) is 6.45. The predicted octanol–water partition coefficient (Wildman–Crippen LogP) is 9.99. The maximum Gasteiger partial charge on any atom is 0.219 e. The van der Waals surface area contributed by atoms with Crippen LogP contribution in [0.5, 0.6) is 0 Å². The lowest BCUT2D eigenvalue weighted by Gasteiger charge is -2.42. The van der Waals surface area contributed by atoms with Crippen molar-refractivity contribution in [3.8, 4) is 11.1 Å². The van der Waals surface area contributed by atoms with Gasteiger partial charge in [0.2, 0.25) is 5.90 Å². The van der Waals surface area contributed by atoms with Crippen molar-refractivity contribution in [3.05, 3.63) is 58.9 Å². The van der Waals surface area contributed by atoms with Crippen molar-refractivity contribution >= 4 is 5.90 Å². The Morgan fingerprint density at radius 2 is 1.56 bits per heavy atom. The lowest BCUT2D eigenvalue weighted by Crippen LogP contribution is -2.30. The van der Waals surface area contributed by atoms with E-state index >= 15 is 8.78 Å². The molecule has 0 spiro atoms. The van der Waals surface area contributed by atoms with Crippen molar-refractivity contribution in [2.75, 3.05) is 6.61 Å². The molecular weight excluding hydrogens is 495 g/mol. The predicted molar refractivity (Wildman–Crippen MR) is 153 cm³/mol. The van der Waals surface area contributed by atoms with E-state index in [1.54, 1.807) is 6.07 Å². The molecule has 2 saturated carbocycles. The number of rotatable bonds is 9. The van der Waals surface area contributed by atoms with Crippen LogP contribution in [0.15, 0.2) is 35.3 Å². The molecule has 39 heavy (non-hydrogen) atoms. The highest BCUT2D eigenvalue weighted by Gasteiger charge is 2.36. The number of nitrogens with zero attached hydrogens (tertiary/aromatic N) is 1. The quantitative estimate of drug-likeness (QED) is 0.291. The van der Waals surface area contributed by atoms with E-state index in [1.165, 1.54) is 82.1 Å². The van der Waals surface area contributed by atoms with E-state index in [-0.39, 0.29) is 28.5 Å². The molecule has 4 unspecified atom stereocenters. The molecule has 0 saturated heterocycles. The molecule has 4 atom stereocenters. The molecule has 0 bridgehead atoms. The first-order valence-electron chi connectivity index (χ1n) is 15.3. The molecule has 1 aliphatic heterocycles. The monoisotopic (exact) mass is 539 g/mol. The van der Waals surface area contributed by atoms with Crippen molar-refractivity contribution in [3.63, 3.8) is 0 Å². The molecule has 3 aliphatic rings. The standard InChI is InChI=1S/C34H44F3NO/c1-4-5-6-7-8-9-22-10-11-24-17-25(13-12-23(24)16-22)27-19-30(36)32(31(37)20-27)26-14-15-28(29(35)18-26)33-38-34(2,3)21-39-33/h14-15,18-20,22-25H,4-13,16-17,21H2,1-3H3. The smallest absolute Gasteiger partial charge is 0.219 e. The fraction of sp³-hybridized carbons (Fsp3) is 0.618. The van der Waals surface area contributed by atoms with Gasteiger partial charge in [-0.15, -0.1) is 0 Å². The minimum atomic E-state index is -0.623. The van der Waals surface area contributed by atoms with E-state index in [0.717, 1.165) is 36.7 Å². The number of hydrogen-bond donors (Lipinski definition) is 0. The summed E-state index contributed by atoms with van der Waals surface area (Å²) in [6.07, 6.45) is 15.2. The summed E-state index contributed by atoms with van der Waals surface area (Å²) in [5, 5.41) is 0. The molecule has 2 aromatic rings. The molecule has 0 radical (unpaired) electrons. The first-order valence-corrected chi connectivity index (χ1v) is 15.3. The van der Waals surface area contributed by atoms with Gasteiger partial charge in [-0.25, -0.2) is 18.2 Å². The molecule has 0 aromatic heterocycles. The Hall–Kier alpha value is -2.30. The largest absolute Gasteiger partial charge is 0.475 e. The van der Waals surface area contributed by atoms with Crippen LogP contribution in [0.1, 0.15) is 115 Å². The van der Waals surface area contributed by atoms with E-state index in [4.69, 9.17) is 4.74 Å². The molecule has 0 amide bonds. The van der Waals surface area contributed by atoms with Gasteiger partial charge in [0.15, 0.2) is 0 Å². The highest BCUT2D eigenvalue weighted by Crippen LogP contribution is 2.49. The molecular formula is C34H44F3NO. The second-order valence-corrected chi connectivity index (χ2v) is 13.0. The first-order chi connectivity index (χ1) is 18.7. The Morgan fingerprint density at radius 1 is 0.846 bits per heavy atom. The fourth-order valence-corrected chi connectivity index (χ4v) is 7.26. The third-order valence-corrected chi connectivity index (χ3v) is 9.43. The number of fused-ring (bicyclic) bond motifs is 1. The van der Waals surface area contributed by atoms with Gasteiger partial charge < -0.3 is 4.74 Å². The average Bonchev–Trinajstić information content (AvgIpc) is 3.27. The van der Waals surface area contributed by atoms with Crippen LogP contribution in [0.3, 0.4) is 0 Å². The summed E-state index contributed by atoms with van der Waals surface area (Å²) in [4.78, 5) is 4.41. The van der Waals surface area contributed by atoms with Crippen LogP contribution in [0.25, 0.3) is 11.1 Å². The van der Waals surface area contributed by atoms with E-state index in [0.29, 0.717) is 12.5 Å². The van der Waals surface area contributed by atoms with Gasteiger partial charge in [0, 0.05) is 0 Å². The molecule has 5 rings (SSSR count). The van der Waals surface area contributed by atoms with Crippen LogP contribution in [0.4, 0.5) is 13.2 Å². The van der Waals surface area contributed by atoms with Gasteiger partial charge in [0.1, 0.15) is 24.1 Å². The SMILES string of the molecule is CCCCCCCC1CCC2CC(c3cc(F)c(-c4ccc(C5=NC(C)(C)CO5)c(F)c4)c(F)c3)CCC2C1. The molecule has 2 aliphatic carbocycles. The van der Waals surface area contributed by atoms with E-state index in [2.05, 4.69) is 11.9 Å². The molecule has 0 N–H and O–H groups in total. The third-order valence-electron chi connectivity index (χ3n) is 9.43. The number of benzene rings is 2. The topological polar surface area (TPSA) is 21.6 Å². The van der Waals surface area contributed by atoms with Gasteiger partial charge in [-0.3, -0.25) is 0 Å². The normalized spacial score (nSPS) is 26.2. The molecule has 2 aromatic carbocycles. The summed E-state index contributed by atoms with van der Waals surface area (Å²) < 4.78 is 51.2. The summed E-state index contributed by atoms with van der Waals surface area (Å²) in [7, 11) is 0. The van der Waals surface area contributed by atoms with Crippen molar-refractivity contribution in [1.29, 1.82) is 0 Å². The molecule has 1 heterocycles. The van der Waals surface area contributed by atoms with Gasteiger partial charge in [0.25, 0.3) is 0 Å². The van der Waals surface area contributed by atoms with Gasteiger partial charge in [-0.05, 0) is 105 Å². The maximum absolute atomic E-state index is 15.4. The molecule has 2 fully saturated rings. The van der Waals surface area contributed by atoms with Crippen LogP contribution < -0.4 is 0 Å². The van der Waals surface area contributed by atoms with E-state index < -0.39 is 23.0 Å².